The number of para-hydroxylation sites is 1. The summed E-state index contributed by atoms with van der Waals surface area (Å²) in [5.74, 6) is 1.64. The number of benzene rings is 2. The van der Waals surface area contributed by atoms with Crippen molar-refractivity contribution < 1.29 is 4.74 Å². The maximum Gasteiger partial charge on any atom is 0.128 e. The minimum atomic E-state index is 0.805. The molecule has 79 valence electrons. The fourth-order valence-electron chi connectivity index (χ4n) is 1.41. The Balaban J connectivity index is 2.08. The molecule has 0 saturated heterocycles. The highest BCUT2D eigenvalue weighted by Gasteiger charge is 1.96. The molecule has 0 atom stereocenters. The number of hydrogen-bond donors (Lipinski definition) is 0. The van der Waals surface area contributed by atoms with Gasteiger partial charge in [0, 0.05) is 0 Å². The van der Waals surface area contributed by atoms with Gasteiger partial charge < -0.3 is 4.74 Å². The van der Waals surface area contributed by atoms with Crippen LogP contribution in [0.2, 0.25) is 0 Å². The van der Waals surface area contributed by atoms with Crippen LogP contribution in [0.5, 0.6) is 11.5 Å². The van der Waals surface area contributed by atoms with Crippen LogP contribution in [-0.2, 0) is 6.42 Å². The molecule has 0 unspecified atom stereocenters. The summed E-state index contributed by atoms with van der Waals surface area (Å²) in [5.41, 5.74) is 1.12. The molecule has 0 fully saturated rings. The fraction of sp³-hybridized carbons (Fsp3) is 0.0667. The van der Waals surface area contributed by atoms with E-state index in [1.54, 1.807) is 0 Å². The van der Waals surface area contributed by atoms with E-state index >= 15 is 0 Å². The van der Waals surface area contributed by atoms with Crippen molar-refractivity contribution in [1.29, 1.82) is 0 Å². The number of ether oxygens (including phenoxy) is 1. The van der Waals surface area contributed by atoms with Gasteiger partial charge in [0.1, 0.15) is 11.5 Å². The molecule has 0 aliphatic carbocycles. The Bertz CT molecular complexity index is 443. The summed E-state index contributed by atoms with van der Waals surface area (Å²) in [7, 11) is 0. The van der Waals surface area contributed by atoms with Gasteiger partial charge in [-0.3, -0.25) is 0 Å². The van der Waals surface area contributed by atoms with Crippen LogP contribution >= 0.6 is 0 Å². The van der Waals surface area contributed by atoms with Gasteiger partial charge in [-0.25, -0.2) is 0 Å². The van der Waals surface area contributed by atoms with E-state index in [4.69, 9.17) is 4.74 Å². The van der Waals surface area contributed by atoms with Gasteiger partial charge in [0.05, 0.1) is 0 Å². The second kappa shape index (κ2) is 5.17. The number of rotatable bonds is 4. The largest absolute Gasteiger partial charge is 0.457 e. The van der Waals surface area contributed by atoms with Crippen LogP contribution < -0.4 is 4.74 Å². The van der Waals surface area contributed by atoms with Gasteiger partial charge in [-0.2, -0.15) is 0 Å². The molecule has 0 aliphatic rings. The van der Waals surface area contributed by atoms with E-state index in [-0.39, 0.29) is 0 Å². The smallest absolute Gasteiger partial charge is 0.128 e. The molecule has 1 radical (unpaired) electrons. The minimum absolute atomic E-state index is 0.805. The monoisotopic (exact) mass is 209 g/mol. The normalized spacial score (nSPS) is 9.75. The highest BCUT2D eigenvalue weighted by Crippen LogP contribution is 2.20. The van der Waals surface area contributed by atoms with Crippen molar-refractivity contribution in [1.82, 2.24) is 0 Å². The minimum Gasteiger partial charge on any atom is -0.457 e. The van der Waals surface area contributed by atoms with E-state index in [1.807, 2.05) is 54.6 Å². The zero-order valence-electron chi connectivity index (χ0n) is 9.02. The maximum atomic E-state index is 5.65. The zero-order valence-corrected chi connectivity index (χ0v) is 9.02. The van der Waals surface area contributed by atoms with Gasteiger partial charge in [0.2, 0.25) is 0 Å². The Morgan fingerprint density at radius 3 is 2.50 bits per heavy atom. The Morgan fingerprint density at radius 1 is 1.06 bits per heavy atom. The Labute approximate surface area is 96.0 Å². The summed E-state index contributed by atoms with van der Waals surface area (Å²) in [6, 6.07) is 18.7. The van der Waals surface area contributed by atoms with E-state index in [0.29, 0.717) is 0 Å². The lowest BCUT2D eigenvalue weighted by Gasteiger charge is -2.05. The van der Waals surface area contributed by atoms with Crippen molar-refractivity contribution in [3.05, 3.63) is 72.8 Å². The highest BCUT2D eigenvalue weighted by molar-refractivity contribution is 5.32. The first-order chi connectivity index (χ1) is 7.88. The molecule has 2 aromatic rings. The van der Waals surface area contributed by atoms with E-state index < -0.39 is 0 Å². The number of allylic oxidation sites excluding steroid dienone is 1. The summed E-state index contributed by atoms with van der Waals surface area (Å²) in [4.78, 5) is 0. The maximum absolute atomic E-state index is 5.65. The summed E-state index contributed by atoms with van der Waals surface area (Å²) >= 11 is 0. The van der Waals surface area contributed by atoms with Crippen LogP contribution in [-0.4, -0.2) is 0 Å². The molecule has 0 aliphatic heterocycles. The molecule has 0 amide bonds. The van der Waals surface area contributed by atoms with Crippen LogP contribution in [0.3, 0.4) is 0 Å². The van der Waals surface area contributed by atoms with Gasteiger partial charge in [-0.15, -0.1) is 6.58 Å². The summed E-state index contributed by atoms with van der Waals surface area (Å²) in [5, 5.41) is 0. The Morgan fingerprint density at radius 2 is 1.88 bits per heavy atom. The molecule has 1 nitrogen and oxygen atoms in total. The van der Waals surface area contributed by atoms with Gasteiger partial charge >= 0.3 is 0 Å². The van der Waals surface area contributed by atoms with Crippen LogP contribution in [0.25, 0.3) is 0 Å². The third kappa shape index (κ3) is 2.74. The lowest BCUT2D eigenvalue weighted by atomic mass is 10.1. The molecule has 2 rings (SSSR count). The molecule has 0 bridgehead atoms. The predicted octanol–water partition coefficient (Wildman–Crippen LogP) is 4.01. The average molecular weight is 209 g/mol. The van der Waals surface area contributed by atoms with Crippen LogP contribution in [0, 0.1) is 6.07 Å². The first-order valence-corrected chi connectivity index (χ1v) is 5.23. The molecule has 0 spiro atoms. The molecular weight excluding hydrogens is 196 g/mol. The molecule has 1 heteroatoms. The zero-order chi connectivity index (χ0) is 11.2. The molecule has 0 heterocycles. The summed E-state index contributed by atoms with van der Waals surface area (Å²) in [6.45, 7) is 3.69. The Kier molecular flexibility index (Phi) is 3.39. The van der Waals surface area contributed by atoms with Crippen molar-refractivity contribution in [2.24, 2.45) is 0 Å². The molecule has 0 saturated carbocycles. The third-order valence-corrected chi connectivity index (χ3v) is 2.19. The highest BCUT2D eigenvalue weighted by atomic mass is 16.5. The fourth-order valence-corrected chi connectivity index (χ4v) is 1.41. The van der Waals surface area contributed by atoms with Crippen LogP contribution in [0.1, 0.15) is 5.56 Å². The predicted molar refractivity (Wildman–Crippen MR) is 65.7 cm³/mol. The van der Waals surface area contributed by atoms with Crippen molar-refractivity contribution in [2.45, 2.75) is 6.42 Å². The van der Waals surface area contributed by atoms with Crippen LogP contribution in [0.4, 0.5) is 0 Å². The second-order valence-corrected chi connectivity index (χ2v) is 3.46. The van der Waals surface area contributed by atoms with Gasteiger partial charge in [-0.05, 0) is 42.3 Å². The SMILES string of the molecule is C=CCc1[c]cc(Oc2ccccc2)cc1. The van der Waals surface area contributed by atoms with Crippen LogP contribution in [0.15, 0.2) is 61.2 Å². The quantitative estimate of drug-likeness (QED) is 0.691. The van der Waals surface area contributed by atoms with E-state index in [9.17, 15) is 0 Å². The molecule has 2 aromatic carbocycles. The lowest BCUT2D eigenvalue weighted by Crippen LogP contribution is -1.85. The third-order valence-electron chi connectivity index (χ3n) is 2.19. The topological polar surface area (TPSA) is 9.23 Å². The van der Waals surface area contributed by atoms with Crippen molar-refractivity contribution >= 4 is 0 Å². The number of hydrogen-bond acceptors (Lipinski definition) is 1. The van der Waals surface area contributed by atoms with Gasteiger partial charge in [0.15, 0.2) is 0 Å². The molecule has 0 N–H and O–H groups in total. The van der Waals surface area contributed by atoms with Gasteiger partial charge in [-0.1, -0.05) is 30.3 Å². The first kappa shape index (κ1) is 10.5. The van der Waals surface area contributed by atoms with Crippen molar-refractivity contribution in [2.75, 3.05) is 0 Å². The molecule has 0 aromatic heterocycles. The van der Waals surface area contributed by atoms with E-state index in [1.165, 1.54) is 0 Å². The van der Waals surface area contributed by atoms with E-state index in [2.05, 4.69) is 12.6 Å². The second-order valence-electron chi connectivity index (χ2n) is 3.46. The molecular formula is C15H13O. The van der Waals surface area contributed by atoms with E-state index in [0.717, 1.165) is 23.5 Å². The van der Waals surface area contributed by atoms with Gasteiger partial charge in [0.25, 0.3) is 0 Å². The standard InChI is InChI=1S/C15H13O/c1-2-6-13-9-11-15(12-10-13)16-14-7-4-3-5-8-14/h2-5,7-9,11-12H,1,6H2. The Hall–Kier alpha value is -2.02. The average Bonchev–Trinajstić information content (AvgIpc) is 2.33. The lowest BCUT2D eigenvalue weighted by molar-refractivity contribution is 0.482. The van der Waals surface area contributed by atoms with Crippen molar-refractivity contribution in [3.63, 3.8) is 0 Å². The first-order valence-electron chi connectivity index (χ1n) is 5.23. The summed E-state index contributed by atoms with van der Waals surface area (Å²) < 4.78 is 5.65. The molecule has 16 heavy (non-hydrogen) atoms. The summed E-state index contributed by atoms with van der Waals surface area (Å²) in [6.07, 6.45) is 2.70. The van der Waals surface area contributed by atoms with Crippen molar-refractivity contribution in [3.8, 4) is 11.5 Å².